The molecule has 2 N–H and O–H groups in total. The van der Waals surface area contributed by atoms with Gasteiger partial charge >= 0.3 is 0 Å². The van der Waals surface area contributed by atoms with Gasteiger partial charge in [-0.15, -0.1) is 0 Å². The van der Waals surface area contributed by atoms with E-state index in [0.717, 1.165) is 5.56 Å². The molecule has 1 aromatic rings. The fourth-order valence-corrected chi connectivity index (χ4v) is 1.32. The lowest BCUT2D eigenvalue weighted by Crippen LogP contribution is -2.30. The molecule has 78 valence electrons. The summed E-state index contributed by atoms with van der Waals surface area (Å²) >= 11 is 0. The van der Waals surface area contributed by atoms with Crippen LogP contribution in [0.1, 0.15) is 25.0 Å². The summed E-state index contributed by atoms with van der Waals surface area (Å²) in [6, 6.07) is 4.88. The van der Waals surface area contributed by atoms with Crippen molar-refractivity contribution in [2.75, 3.05) is 7.11 Å². The van der Waals surface area contributed by atoms with Gasteiger partial charge in [-0.2, -0.15) is 0 Å². The van der Waals surface area contributed by atoms with Gasteiger partial charge in [0.05, 0.1) is 6.61 Å². The van der Waals surface area contributed by atoms with E-state index in [1.54, 1.807) is 33.1 Å². The molecule has 0 bridgehead atoms. The number of benzene rings is 1. The highest BCUT2D eigenvalue weighted by Gasteiger charge is 2.18. The zero-order valence-electron chi connectivity index (χ0n) is 8.80. The van der Waals surface area contributed by atoms with Crippen molar-refractivity contribution in [3.05, 3.63) is 35.1 Å². The van der Waals surface area contributed by atoms with E-state index in [9.17, 15) is 4.39 Å². The summed E-state index contributed by atoms with van der Waals surface area (Å²) in [5.74, 6) is -0.266. The fraction of sp³-hybridized carbons (Fsp3) is 0.455. The summed E-state index contributed by atoms with van der Waals surface area (Å²) in [4.78, 5) is 0. The Morgan fingerprint density at radius 2 is 2.07 bits per heavy atom. The Kier molecular flexibility index (Phi) is 3.24. The molecule has 0 saturated heterocycles. The molecule has 0 aromatic heterocycles. The lowest BCUT2D eigenvalue weighted by atomic mass is 9.93. The maximum atomic E-state index is 13.4. The first-order valence-corrected chi connectivity index (χ1v) is 4.52. The SMILES string of the molecule is COCc1ccc(F)c(C(C)(C)N)c1. The van der Waals surface area contributed by atoms with Gasteiger partial charge in [-0.1, -0.05) is 6.07 Å². The summed E-state index contributed by atoms with van der Waals surface area (Å²) in [6.07, 6.45) is 0. The Balaban J connectivity index is 3.09. The second kappa shape index (κ2) is 4.07. The largest absolute Gasteiger partial charge is 0.380 e. The molecular weight excluding hydrogens is 181 g/mol. The molecule has 0 aliphatic heterocycles. The predicted molar refractivity (Wildman–Crippen MR) is 54.3 cm³/mol. The molecule has 0 fully saturated rings. The van der Waals surface area contributed by atoms with Crippen LogP contribution in [-0.4, -0.2) is 7.11 Å². The molecule has 0 heterocycles. The molecule has 0 aliphatic rings. The van der Waals surface area contributed by atoms with Gasteiger partial charge in [0.15, 0.2) is 0 Å². The van der Waals surface area contributed by atoms with Gasteiger partial charge in [0.1, 0.15) is 5.82 Å². The van der Waals surface area contributed by atoms with Crippen LogP contribution in [0.2, 0.25) is 0 Å². The minimum absolute atomic E-state index is 0.266. The van der Waals surface area contributed by atoms with Gasteiger partial charge < -0.3 is 10.5 Å². The van der Waals surface area contributed by atoms with Crippen LogP contribution in [0, 0.1) is 5.82 Å². The molecule has 0 spiro atoms. The Morgan fingerprint density at radius 3 is 2.57 bits per heavy atom. The van der Waals surface area contributed by atoms with E-state index in [1.165, 1.54) is 6.07 Å². The normalized spacial score (nSPS) is 11.8. The number of hydrogen-bond acceptors (Lipinski definition) is 2. The van der Waals surface area contributed by atoms with E-state index in [-0.39, 0.29) is 5.82 Å². The average molecular weight is 197 g/mol. The van der Waals surface area contributed by atoms with Crippen molar-refractivity contribution in [3.8, 4) is 0 Å². The lowest BCUT2D eigenvalue weighted by molar-refractivity contribution is 0.184. The first-order chi connectivity index (χ1) is 6.45. The number of nitrogens with two attached hydrogens (primary N) is 1. The quantitative estimate of drug-likeness (QED) is 0.806. The third kappa shape index (κ3) is 2.53. The van der Waals surface area contributed by atoms with Gasteiger partial charge in [0, 0.05) is 18.2 Å². The van der Waals surface area contributed by atoms with Gasteiger partial charge in [-0.05, 0) is 31.5 Å². The van der Waals surface area contributed by atoms with Crippen LogP contribution in [-0.2, 0) is 16.9 Å². The second-order valence-corrected chi connectivity index (χ2v) is 3.97. The van der Waals surface area contributed by atoms with E-state index in [1.807, 2.05) is 0 Å². The van der Waals surface area contributed by atoms with Crippen molar-refractivity contribution in [1.82, 2.24) is 0 Å². The molecule has 14 heavy (non-hydrogen) atoms. The standard InChI is InChI=1S/C11H16FNO/c1-11(2,13)9-6-8(7-14-3)4-5-10(9)12/h4-6H,7,13H2,1-3H3. The van der Waals surface area contributed by atoms with Crippen LogP contribution in [0.25, 0.3) is 0 Å². The Hall–Kier alpha value is -0.930. The molecule has 1 aromatic carbocycles. The highest BCUT2D eigenvalue weighted by Crippen LogP contribution is 2.21. The number of rotatable bonds is 3. The maximum Gasteiger partial charge on any atom is 0.128 e. The summed E-state index contributed by atoms with van der Waals surface area (Å²) < 4.78 is 18.4. The van der Waals surface area contributed by atoms with Gasteiger partial charge in [-0.3, -0.25) is 0 Å². The van der Waals surface area contributed by atoms with Crippen LogP contribution < -0.4 is 5.73 Å². The van der Waals surface area contributed by atoms with Crippen LogP contribution in [0.15, 0.2) is 18.2 Å². The van der Waals surface area contributed by atoms with Gasteiger partial charge in [0.25, 0.3) is 0 Å². The summed E-state index contributed by atoms with van der Waals surface area (Å²) in [7, 11) is 1.61. The number of halogens is 1. The van der Waals surface area contributed by atoms with Crippen LogP contribution >= 0.6 is 0 Å². The van der Waals surface area contributed by atoms with E-state index in [4.69, 9.17) is 10.5 Å². The lowest BCUT2D eigenvalue weighted by Gasteiger charge is -2.20. The number of hydrogen-bond donors (Lipinski definition) is 1. The molecule has 2 nitrogen and oxygen atoms in total. The van der Waals surface area contributed by atoms with Crippen molar-refractivity contribution >= 4 is 0 Å². The molecular formula is C11H16FNO. The Bertz CT molecular complexity index is 318. The highest BCUT2D eigenvalue weighted by atomic mass is 19.1. The third-order valence-corrected chi connectivity index (χ3v) is 2.04. The van der Waals surface area contributed by atoms with E-state index in [0.29, 0.717) is 12.2 Å². The minimum atomic E-state index is -0.659. The van der Waals surface area contributed by atoms with Crippen LogP contribution in [0.5, 0.6) is 0 Å². The van der Waals surface area contributed by atoms with Crippen LogP contribution in [0.4, 0.5) is 4.39 Å². The highest BCUT2D eigenvalue weighted by molar-refractivity contribution is 5.29. The molecule has 0 unspecified atom stereocenters. The topological polar surface area (TPSA) is 35.2 Å². The molecule has 0 aliphatic carbocycles. The zero-order valence-corrected chi connectivity index (χ0v) is 8.80. The smallest absolute Gasteiger partial charge is 0.128 e. The average Bonchev–Trinajstić information content (AvgIpc) is 2.07. The summed E-state index contributed by atoms with van der Waals surface area (Å²) in [5, 5.41) is 0. The van der Waals surface area contributed by atoms with Crippen molar-refractivity contribution in [2.45, 2.75) is 26.0 Å². The van der Waals surface area contributed by atoms with Crippen molar-refractivity contribution in [1.29, 1.82) is 0 Å². The Morgan fingerprint density at radius 1 is 1.43 bits per heavy atom. The monoisotopic (exact) mass is 197 g/mol. The summed E-state index contributed by atoms with van der Waals surface area (Å²) in [6.45, 7) is 4.04. The second-order valence-electron chi connectivity index (χ2n) is 3.97. The molecule has 0 saturated carbocycles. The predicted octanol–water partition coefficient (Wildman–Crippen LogP) is 2.17. The maximum absolute atomic E-state index is 13.4. The zero-order chi connectivity index (χ0) is 10.8. The molecule has 1 rings (SSSR count). The van der Waals surface area contributed by atoms with Crippen molar-refractivity contribution in [2.24, 2.45) is 5.73 Å². The third-order valence-electron chi connectivity index (χ3n) is 2.04. The molecule has 0 atom stereocenters. The minimum Gasteiger partial charge on any atom is -0.380 e. The fourth-order valence-electron chi connectivity index (χ4n) is 1.32. The first-order valence-electron chi connectivity index (χ1n) is 4.52. The molecule has 0 amide bonds. The van der Waals surface area contributed by atoms with E-state index in [2.05, 4.69) is 0 Å². The summed E-state index contributed by atoms with van der Waals surface area (Å²) in [5.41, 5.74) is 6.64. The number of ether oxygens (including phenoxy) is 1. The van der Waals surface area contributed by atoms with Crippen molar-refractivity contribution < 1.29 is 9.13 Å². The molecule has 0 radical (unpaired) electrons. The first kappa shape index (κ1) is 11.1. The van der Waals surface area contributed by atoms with Crippen LogP contribution in [0.3, 0.4) is 0 Å². The van der Waals surface area contributed by atoms with Crippen molar-refractivity contribution in [3.63, 3.8) is 0 Å². The van der Waals surface area contributed by atoms with E-state index >= 15 is 0 Å². The Labute approximate surface area is 83.9 Å². The number of methoxy groups -OCH3 is 1. The molecule has 3 heteroatoms. The van der Waals surface area contributed by atoms with E-state index < -0.39 is 5.54 Å². The van der Waals surface area contributed by atoms with Gasteiger partial charge in [-0.25, -0.2) is 4.39 Å². The van der Waals surface area contributed by atoms with Gasteiger partial charge in [0.2, 0.25) is 0 Å².